The SMILES string of the molecule is NC(=NO)c1nc(N)nc(NCc2ccc(F)cc2)n1. The standard InChI is InChI=1S/C11H12FN7O/c12-7-3-1-6(2-4-7)5-15-11-17-9(8(13)19-20)16-10(14)18-11/h1-4,20H,5H2,(H2,13,19)(H3,14,15,16,17,18). The third-order valence-electron chi connectivity index (χ3n) is 2.35. The maximum atomic E-state index is 12.8. The molecule has 0 aliphatic heterocycles. The van der Waals surface area contributed by atoms with Gasteiger partial charge in [0.2, 0.25) is 23.6 Å². The van der Waals surface area contributed by atoms with E-state index in [1.165, 1.54) is 12.1 Å². The highest BCUT2D eigenvalue weighted by molar-refractivity contribution is 5.93. The summed E-state index contributed by atoms with van der Waals surface area (Å²) >= 11 is 0. The molecule has 6 N–H and O–H groups in total. The van der Waals surface area contributed by atoms with E-state index in [0.29, 0.717) is 6.54 Å². The fraction of sp³-hybridized carbons (Fsp3) is 0.0909. The molecule has 2 aromatic rings. The highest BCUT2D eigenvalue weighted by Gasteiger charge is 2.08. The zero-order valence-corrected chi connectivity index (χ0v) is 10.3. The quantitative estimate of drug-likeness (QED) is 0.273. The normalized spacial score (nSPS) is 11.3. The molecule has 2 rings (SSSR count). The highest BCUT2D eigenvalue weighted by Crippen LogP contribution is 2.07. The first-order valence-electron chi connectivity index (χ1n) is 5.56. The molecule has 20 heavy (non-hydrogen) atoms. The van der Waals surface area contributed by atoms with Crippen LogP contribution in [0.5, 0.6) is 0 Å². The second-order valence-electron chi connectivity index (χ2n) is 3.81. The van der Waals surface area contributed by atoms with Crippen molar-refractivity contribution in [1.82, 2.24) is 15.0 Å². The van der Waals surface area contributed by atoms with Crippen molar-refractivity contribution in [2.24, 2.45) is 10.9 Å². The first-order valence-corrected chi connectivity index (χ1v) is 5.56. The summed E-state index contributed by atoms with van der Waals surface area (Å²) in [7, 11) is 0. The summed E-state index contributed by atoms with van der Waals surface area (Å²) in [5, 5.41) is 14.2. The van der Waals surface area contributed by atoms with E-state index in [4.69, 9.17) is 16.7 Å². The van der Waals surface area contributed by atoms with Gasteiger partial charge in [-0.25, -0.2) is 4.39 Å². The maximum Gasteiger partial charge on any atom is 0.228 e. The number of halogens is 1. The first-order chi connectivity index (χ1) is 9.58. The van der Waals surface area contributed by atoms with E-state index in [2.05, 4.69) is 25.4 Å². The van der Waals surface area contributed by atoms with Gasteiger partial charge in [-0.3, -0.25) is 0 Å². The van der Waals surface area contributed by atoms with E-state index >= 15 is 0 Å². The Morgan fingerprint density at radius 2 is 1.95 bits per heavy atom. The number of nitrogens with zero attached hydrogens (tertiary/aromatic N) is 4. The van der Waals surface area contributed by atoms with E-state index in [1.54, 1.807) is 12.1 Å². The second-order valence-corrected chi connectivity index (χ2v) is 3.81. The minimum atomic E-state index is -0.313. The molecule has 0 bridgehead atoms. The topological polar surface area (TPSA) is 135 Å². The van der Waals surface area contributed by atoms with Crippen molar-refractivity contribution in [1.29, 1.82) is 0 Å². The molecule has 1 aromatic carbocycles. The summed E-state index contributed by atoms with van der Waals surface area (Å²) in [6.07, 6.45) is 0. The number of nitrogen functional groups attached to an aromatic ring is 1. The van der Waals surface area contributed by atoms with Crippen LogP contribution in [0.4, 0.5) is 16.3 Å². The van der Waals surface area contributed by atoms with Crippen LogP contribution in [0.2, 0.25) is 0 Å². The largest absolute Gasteiger partial charge is 0.409 e. The molecule has 0 fully saturated rings. The van der Waals surface area contributed by atoms with Crippen LogP contribution >= 0.6 is 0 Å². The van der Waals surface area contributed by atoms with Gasteiger partial charge in [0.25, 0.3) is 0 Å². The van der Waals surface area contributed by atoms with E-state index in [0.717, 1.165) is 5.56 Å². The van der Waals surface area contributed by atoms with Gasteiger partial charge in [0.05, 0.1) is 0 Å². The van der Waals surface area contributed by atoms with E-state index < -0.39 is 0 Å². The van der Waals surface area contributed by atoms with Crippen molar-refractivity contribution in [2.45, 2.75) is 6.54 Å². The van der Waals surface area contributed by atoms with Crippen molar-refractivity contribution in [3.8, 4) is 0 Å². The molecule has 0 saturated heterocycles. The summed E-state index contributed by atoms with van der Waals surface area (Å²) in [6, 6.07) is 5.94. The predicted molar refractivity (Wildman–Crippen MR) is 70.5 cm³/mol. The van der Waals surface area contributed by atoms with Crippen LogP contribution in [0.3, 0.4) is 0 Å². The van der Waals surface area contributed by atoms with Crippen LogP contribution in [-0.4, -0.2) is 26.0 Å². The summed E-state index contributed by atoms with van der Waals surface area (Å²) in [5.41, 5.74) is 11.7. The van der Waals surface area contributed by atoms with Crippen LogP contribution in [0.25, 0.3) is 0 Å². The van der Waals surface area contributed by atoms with E-state index in [1.807, 2.05) is 0 Å². The molecule has 9 heteroatoms. The zero-order valence-electron chi connectivity index (χ0n) is 10.3. The number of hydrogen-bond donors (Lipinski definition) is 4. The smallest absolute Gasteiger partial charge is 0.228 e. The number of anilines is 2. The molecule has 0 aliphatic carbocycles. The van der Waals surface area contributed by atoms with Crippen LogP contribution in [0.1, 0.15) is 11.4 Å². The van der Waals surface area contributed by atoms with Crippen LogP contribution < -0.4 is 16.8 Å². The Balaban J connectivity index is 2.13. The number of nitrogens with one attached hydrogen (secondary N) is 1. The average molecular weight is 277 g/mol. The number of benzene rings is 1. The Morgan fingerprint density at radius 1 is 1.25 bits per heavy atom. The highest BCUT2D eigenvalue weighted by atomic mass is 19.1. The second kappa shape index (κ2) is 5.78. The van der Waals surface area contributed by atoms with Gasteiger partial charge in [0.1, 0.15) is 5.82 Å². The lowest BCUT2D eigenvalue weighted by Gasteiger charge is -2.06. The number of aromatic nitrogens is 3. The Kier molecular flexibility index (Phi) is 3.89. The molecule has 8 nitrogen and oxygen atoms in total. The zero-order chi connectivity index (χ0) is 14.5. The maximum absolute atomic E-state index is 12.8. The fourth-order valence-corrected chi connectivity index (χ4v) is 1.41. The van der Waals surface area contributed by atoms with E-state index in [9.17, 15) is 4.39 Å². The Labute approximate surface area is 113 Å². The van der Waals surface area contributed by atoms with Gasteiger partial charge in [-0.1, -0.05) is 17.3 Å². The third kappa shape index (κ3) is 3.28. The van der Waals surface area contributed by atoms with Gasteiger partial charge in [0, 0.05) is 6.54 Å². The lowest BCUT2D eigenvalue weighted by molar-refractivity contribution is 0.318. The molecular formula is C11H12FN7O. The summed E-state index contributed by atoms with van der Waals surface area (Å²) < 4.78 is 12.8. The molecule has 0 saturated carbocycles. The number of oxime groups is 1. The molecule has 0 aliphatic rings. The number of amidine groups is 1. The molecule has 0 spiro atoms. The predicted octanol–water partition coefficient (Wildman–Crippen LogP) is 0.299. The van der Waals surface area contributed by atoms with Gasteiger partial charge < -0.3 is 22.0 Å². The molecule has 0 amide bonds. The van der Waals surface area contributed by atoms with Gasteiger partial charge in [-0.15, -0.1) is 0 Å². The van der Waals surface area contributed by atoms with Crippen molar-refractivity contribution in [2.75, 3.05) is 11.1 Å². The Hall–Kier alpha value is -2.97. The average Bonchev–Trinajstić information content (AvgIpc) is 2.45. The van der Waals surface area contributed by atoms with Gasteiger partial charge in [0.15, 0.2) is 0 Å². The fourth-order valence-electron chi connectivity index (χ4n) is 1.41. The molecule has 1 aromatic heterocycles. The minimum Gasteiger partial charge on any atom is -0.409 e. The number of nitrogens with two attached hydrogens (primary N) is 2. The van der Waals surface area contributed by atoms with Gasteiger partial charge in [-0.2, -0.15) is 15.0 Å². The number of hydrogen-bond acceptors (Lipinski definition) is 7. The van der Waals surface area contributed by atoms with Crippen molar-refractivity contribution < 1.29 is 9.60 Å². The molecular weight excluding hydrogens is 265 g/mol. The Morgan fingerprint density at radius 3 is 2.60 bits per heavy atom. The number of rotatable bonds is 4. The summed E-state index contributed by atoms with van der Waals surface area (Å²) in [4.78, 5) is 11.5. The monoisotopic (exact) mass is 277 g/mol. The first kappa shape index (κ1) is 13.5. The molecule has 1 heterocycles. The van der Waals surface area contributed by atoms with E-state index in [-0.39, 0.29) is 29.4 Å². The van der Waals surface area contributed by atoms with Crippen molar-refractivity contribution in [3.63, 3.8) is 0 Å². The molecule has 104 valence electrons. The third-order valence-corrected chi connectivity index (χ3v) is 2.35. The lowest BCUT2D eigenvalue weighted by atomic mass is 10.2. The van der Waals surface area contributed by atoms with Crippen molar-refractivity contribution >= 4 is 17.7 Å². The molecule has 0 unspecified atom stereocenters. The van der Waals surface area contributed by atoms with Crippen LogP contribution in [-0.2, 0) is 6.54 Å². The summed E-state index contributed by atoms with van der Waals surface area (Å²) in [6.45, 7) is 0.360. The molecule has 0 atom stereocenters. The Bertz CT molecular complexity index is 629. The van der Waals surface area contributed by atoms with Crippen molar-refractivity contribution in [3.05, 3.63) is 41.5 Å². The van der Waals surface area contributed by atoms with Gasteiger partial charge >= 0.3 is 0 Å². The summed E-state index contributed by atoms with van der Waals surface area (Å²) in [5.74, 6) is -0.524. The van der Waals surface area contributed by atoms with Crippen LogP contribution in [0.15, 0.2) is 29.4 Å². The molecule has 0 radical (unpaired) electrons. The minimum absolute atomic E-state index is 0.0402. The van der Waals surface area contributed by atoms with Crippen LogP contribution in [0, 0.1) is 5.82 Å². The lowest BCUT2D eigenvalue weighted by Crippen LogP contribution is -2.20. The van der Waals surface area contributed by atoms with Gasteiger partial charge in [-0.05, 0) is 17.7 Å².